The standard InChI is InChI=1S/C14H19NO4/c1-9(2)12(8-16)13(14(17)18)15-10-4-6-11(19-3)7-5-10/h4-9,12-13,15H,1-3H3,(H,17,18)/t12-,13+/m1/s1. The van der Waals surface area contributed by atoms with Crippen LogP contribution in [-0.2, 0) is 9.59 Å². The van der Waals surface area contributed by atoms with Crippen molar-refractivity contribution in [1.29, 1.82) is 0 Å². The number of hydrogen-bond donors (Lipinski definition) is 2. The lowest BCUT2D eigenvalue weighted by atomic mass is 9.89. The summed E-state index contributed by atoms with van der Waals surface area (Å²) in [5, 5.41) is 12.1. The number of aliphatic carboxylic acids is 1. The second-order valence-electron chi connectivity index (χ2n) is 4.65. The number of carbonyl (C=O) groups excluding carboxylic acids is 1. The smallest absolute Gasteiger partial charge is 0.326 e. The van der Waals surface area contributed by atoms with Crippen molar-refractivity contribution in [3.05, 3.63) is 24.3 Å². The first-order valence-electron chi connectivity index (χ1n) is 6.08. The third kappa shape index (κ3) is 3.98. The van der Waals surface area contributed by atoms with Crippen LogP contribution in [0.1, 0.15) is 13.8 Å². The molecule has 0 saturated heterocycles. The summed E-state index contributed by atoms with van der Waals surface area (Å²) in [7, 11) is 1.56. The third-order valence-electron chi connectivity index (χ3n) is 2.99. The number of nitrogens with one attached hydrogen (secondary N) is 1. The molecule has 0 aliphatic carbocycles. The fourth-order valence-electron chi connectivity index (χ4n) is 1.81. The molecule has 0 fully saturated rings. The number of carboxylic acid groups (broad SMARTS) is 1. The molecule has 1 aromatic carbocycles. The zero-order valence-corrected chi connectivity index (χ0v) is 11.3. The molecule has 19 heavy (non-hydrogen) atoms. The van der Waals surface area contributed by atoms with E-state index in [-0.39, 0.29) is 5.92 Å². The van der Waals surface area contributed by atoms with Gasteiger partial charge < -0.3 is 20.0 Å². The van der Waals surface area contributed by atoms with Crippen LogP contribution in [0.4, 0.5) is 5.69 Å². The number of aldehydes is 1. The van der Waals surface area contributed by atoms with Crippen LogP contribution in [0.3, 0.4) is 0 Å². The van der Waals surface area contributed by atoms with Crippen LogP contribution in [-0.4, -0.2) is 30.5 Å². The maximum Gasteiger partial charge on any atom is 0.326 e. The molecular weight excluding hydrogens is 246 g/mol. The molecule has 0 amide bonds. The molecule has 104 valence electrons. The Morgan fingerprint density at radius 3 is 2.26 bits per heavy atom. The number of ether oxygens (including phenoxy) is 1. The van der Waals surface area contributed by atoms with Crippen molar-refractivity contribution in [2.75, 3.05) is 12.4 Å². The Hall–Kier alpha value is -2.04. The summed E-state index contributed by atoms with van der Waals surface area (Å²) in [6.45, 7) is 3.65. The molecule has 0 spiro atoms. The normalized spacial score (nSPS) is 13.7. The van der Waals surface area contributed by atoms with E-state index in [0.717, 1.165) is 0 Å². The summed E-state index contributed by atoms with van der Waals surface area (Å²) in [6.07, 6.45) is 0.694. The van der Waals surface area contributed by atoms with Gasteiger partial charge in [0.05, 0.1) is 7.11 Å². The van der Waals surface area contributed by atoms with E-state index >= 15 is 0 Å². The number of anilines is 1. The summed E-state index contributed by atoms with van der Waals surface area (Å²) in [5.74, 6) is -0.987. The maximum absolute atomic E-state index is 11.3. The Kier molecular flexibility index (Phi) is 5.36. The van der Waals surface area contributed by atoms with E-state index in [9.17, 15) is 14.7 Å². The quantitative estimate of drug-likeness (QED) is 0.738. The number of carboxylic acids is 1. The zero-order chi connectivity index (χ0) is 14.4. The lowest BCUT2D eigenvalue weighted by molar-refractivity contribution is -0.141. The summed E-state index contributed by atoms with van der Waals surface area (Å²) >= 11 is 0. The highest BCUT2D eigenvalue weighted by molar-refractivity contribution is 5.82. The largest absolute Gasteiger partial charge is 0.497 e. The molecule has 2 N–H and O–H groups in total. The van der Waals surface area contributed by atoms with Crippen molar-refractivity contribution in [3.63, 3.8) is 0 Å². The molecule has 0 aliphatic heterocycles. The molecule has 0 aliphatic rings. The van der Waals surface area contributed by atoms with E-state index in [4.69, 9.17) is 4.74 Å². The van der Waals surface area contributed by atoms with Crippen molar-refractivity contribution in [1.82, 2.24) is 0 Å². The van der Waals surface area contributed by atoms with Gasteiger partial charge in [0.15, 0.2) is 0 Å². The minimum Gasteiger partial charge on any atom is -0.497 e. The van der Waals surface area contributed by atoms with Gasteiger partial charge in [-0.2, -0.15) is 0 Å². The van der Waals surface area contributed by atoms with E-state index in [0.29, 0.717) is 17.7 Å². The van der Waals surface area contributed by atoms with E-state index in [1.807, 2.05) is 13.8 Å². The van der Waals surface area contributed by atoms with Gasteiger partial charge in [0.2, 0.25) is 0 Å². The predicted octanol–water partition coefficient (Wildman–Crippen LogP) is 2.03. The SMILES string of the molecule is COc1ccc(N[C@H](C(=O)O)[C@H](C=O)C(C)C)cc1. The van der Waals surface area contributed by atoms with Crippen molar-refractivity contribution in [2.45, 2.75) is 19.9 Å². The maximum atomic E-state index is 11.3. The highest BCUT2D eigenvalue weighted by atomic mass is 16.5. The van der Waals surface area contributed by atoms with Gasteiger partial charge in [-0.15, -0.1) is 0 Å². The molecule has 0 radical (unpaired) electrons. The fourth-order valence-corrected chi connectivity index (χ4v) is 1.81. The highest BCUT2D eigenvalue weighted by Gasteiger charge is 2.30. The Morgan fingerprint density at radius 1 is 1.32 bits per heavy atom. The van der Waals surface area contributed by atoms with Crippen LogP contribution >= 0.6 is 0 Å². The summed E-state index contributed by atoms with van der Waals surface area (Å²) in [6, 6.07) is 5.96. The van der Waals surface area contributed by atoms with E-state index < -0.39 is 17.9 Å². The van der Waals surface area contributed by atoms with E-state index in [1.54, 1.807) is 31.4 Å². The van der Waals surface area contributed by atoms with Crippen molar-refractivity contribution < 1.29 is 19.4 Å². The number of benzene rings is 1. The van der Waals surface area contributed by atoms with Crippen LogP contribution in [0.2, 0.25) is 0 Å². The van der Waals surface area contributed by atoms with Crippen molar-refractivity contribution in [2.24, 2.45) is 11.8 Å². The van der Waals surface area contributed by atoms with Crippen LogP contribution in [0.25, 0.3) is 0 Å². The summed E-state index contributed by atoms with van der Waals surface area (Å²) in [4.78, 5) is 22.3. The molecule has 2 atom stereocenters. The van der Waals surface area contributed by atoms with Crippen LogP contribution in [0, 0.1) is 11.8 Å². The Morgan fingerprint density at radius 2 is 1.89 bits per heavy atom. The van der Waals surface area contributed by atoms with Gasteiger partial charge in [-0.3, -0.25) is 0 Å². The predicted molar refractivity (Wildman–Crippen MR) is 72.4 cm³/mol. The van der Waals surface area contributed by atoms with E-state index in [2.05, 4.69) is 5.32 Å². The topological polar surface area (TPSA) is 75.6 Å². The van der Waals surface area contributed by atoms with Crippen molar-refractivity contribution in [3.8, 4) is 5.75 Å². The summed E-state index contributed by atoms with van der Waals surface area (Å²) in [5.41, 5.74) is 0.640. The lowest BCUT2D eigenvalue weighted by Gasteiger charge is -2.24. The van der Waals surface area contributed by atoms with Crippen molar-refractivity contribution >= 4 is 17.9 Å². The lowest BCUT2D eigenvalue weighted by Crippen LogP contribution is -2.40. The Labute approximate surface area is 112 Å². The Bertz CT molecular complexity index is 428. The number of rotatable bonds is 7. The van der Waals surface area contributed by atoms with Gasteiger partial charge >= 0.3 is 5.97 Å². The first kappa shape index (κ1) is 15.0. The first-order chi connectivity index (χ1) is 8.99. The Balaban J connectivity index is 2.88. The molecule has 5 heteroatoms. The molecule has 1 aromatic rings. The fraction of sp³-hybridized carbons (Fsp3) is 0.429. The number of methoxy groups -OCH3 is 1. The average molecular weight is 265 g/mol. The minimum absolute atomic E-state index is 0.0515. The monoisotopic (exact) mass is 265 g/mol. The van der Waals surface area contributed by atoms with Crippen LogP contribution in [0.5, 0.6) is 5.75 Å². The van der Waals surface area contributed by atoms with Gasteiger partial charge in [0, 0.05) is 11.6 Å². The molecule has 0 saturated carbocycles. The van der Waals surface area contributed by atoms with Gasteiger partial charge in [0.25, 0.3) is 0 Å². The third-order valence-corrected chi connectivity index (χ3v) is 2.99. The number of hydrogen-bond acceptors (Lipinski definition) is 4. The minimum atomic E-state index is -1.04. The molecule has 1 rings (SSSR count). The van der Waals surface area contributed by atoms with Crippen LogP contribution < -0.4 is 10.1 Å². The zero-order valence-electron chi connectivity index (χ0n) is 11.3. The first-order valence-corrected chi connectivity index (χ1v) is 6.08. The van der Waals surface area contributed by atoms with Gasteiger partial charge in [-0.25, -0.2) is 4.79 Å². The second-order valence-corrected chi connectivity index (χ2v) is 4.65. The molecule has 0 aromatic heterocycles. The molecule has 0 heterocycles. The molecular formula is C14H19NO4. The van der Waals surface area contributed by atoms with Crippen LogP contribution in [0.15, 0.2) is 24.3 Å². The summed E-state index contributed by atoms with van der Waals surface area (Å²) < 4.78 is 5.03. The molecule has 5 nitrogen and oxygen atoms in total. The number of carbonyl (C=O) groups is 2. The van der Waals surface area contributed by atoms with Gasteiger partial charge in [-0.1, -0.05) is 13.8 Å². The average Bonchev–Trinajstić information content (AvgIpc) is 2.38. The van der Waals surface area contributed by atoms with Gasteiger partial charge in [-0.05, 0) is 30.2 Å². The second kappa shape index (κ2) is 6.78. The molecule has 0 bridgehead atoms. The molecule has 0 unspecified atom stereocenters. The van der Waals surface area contributed by atoms with Gasteiger partial charge in [0.1, 0.15) is 18.1 Å². The highest BCUT2D eigenvalue weighted by Crippen LogP contribution is 2.20. The van der Waals surface area contributed by atoms with E-state index in [1.165, 1.54) is 0 Å².